The van der Waals surface area contributed by atoms with E-state index in [-0.39, 0.29) is 0 Å². The summed E-state index contributed by atoms with van der Waals surface area (Å²) in [5.74, 6) is 0. The number of hydrogen-bond donors (Lipinski definition) is 1. The third kappa shape index (κ3) is 3.59. The molecule has 2 fully saturated rings. The zero-order valence-electron chi connectivity index (χ0n) is 14.0. The Kier molecular flexibility index (Phi) is 4.93. The van der Waals surface area contributed by atoms with Gasteiger partial charge in [0, 0.05) is 25.0 Å². The quantitative estimate of drug-likeness (QED) is 0.930. The molecule has 3 aliphatic rings. The SMILES string of the molecule is c1cc2c(cn1)CCCC2N1CCCC(OC2CCNCC2)C1. The normalized spacial score (nSPS) is 30.1. The fraction of sp³-hybridized carbons (Fsp3) is 0.737. The number of hydrogen-bond acceptors (Lipinski definition) is 4. The van der Waals surface area contributed by atoms with E-state index in [9.17, 15) is 0 Å². The van der Waals surface area contributed by atoms with Crippen molar-refractivity contribution < 1.29 is 4.74 Å². The smallest absolute Gasteiger partial charge is 0.0706 e. The zero-order chi connectivity index (χ0) is 15.5. The van der Waals surface area contributed by atoms with Gasteiger partial charge in [-0.05, 0) is 81.8 Å². The number of nitrogens with one attached hydrogen (secondary N) is 1. The second-order valence-electron chi connectivity index (χ2n) is 7.33. The summed E-state index contributed by atoms with van der Waals surface area (Å²) in [5, 5.41) is 3.43. The van der Waals surface area contributed by atoms with Gasteiger partial charge < -0.3 is 10.1 Å². The van der Waals surface area contributed by atoms with Crippen molar-refractivity contribution in [2.75, 3.05) is 26.2 Å². The fourth-order valence-electron chi connectivity index (χ4n) is 4.56. The summed E-state index contributed by atoms with van der Waals surface area (Å²) in [6.07, 6.45) is 13.6. The van der Waals surface area contributed by atoms with Crippen LogP contribution in [0.5, 0.6) is 0 Å². The molecule has 0 bridgehead atoms. The van der Waals surface area contributed by atoms with Gasteiger partial charge in [0.15, 0.2) is 0 Å². The Balaban J connectivity index is 1.41. The van der Waals surface area contributed by atoms with Gasteiger partial charge in [-0.1, -0.05) is 0 Å². The lowest BCUT2D eigenvalue weighted by atomic mass is 9.87. The first-order valence-electron chi connectivity index (χ1n) is 9.43. The van der Waals surface area contributed by atoms with Crippen LogP contribution in [0.25, 0.3) is 0 Å². The molecule has 1 aliphatic carbocycles. The Morgan fingerprint density at radius 3 is 2.91 bits per heavy atom. The van der Waals surface area contributed by atoms with Gasteiger partial charge in [-0.3, -0.25) is 9.88 Å². The summed E-state index contributed by atoms with van der Waals surface area (Å²) in [5.41, 5.74) is 2.99. The standard InChI is InChI=1S/C19H29N3O/c1-3-15-13-21-11-8-18(15)19(5-1)22-12-2-4-17(14-22)23-16-6-9-20-10-7-16/h8,11,13,16-17,19-20H,1-7,9-10,12,14H2. The van der Waals surface area contributed by atoms with Crippen LogP contribution in [-0.4, -0.2) is 48.3 Å². The molecule has 0 spiro atoms. The predicted octanol–water partition coefficient (Wildman–Crippen LogP) is 2.69. The van der Waals surface area contributed by atoms with Crippen LogP contribution < -0.4 is 5.32 Å². The highest BCUT2D eigenvalue weighted by atomic mass is 16.5. The van der Waals surface area contributed by atoms with Gasteiger partial charge in [0.25, 0.3) is 0 Å². The van der Waals surface area contributed by atoms with Crippen LogP contribution in [0.15, 0.2) is 18.5 Å². The lowest BCUT2D eigenvalue weighted by Crippen LogP contribution is -2.45. The van der Waals surface area contributed by atoms with E-state index in [2.05, 4.69) is 27.5 Å². The van der Waals surface area contributed by atoms with Gasteiger partial charge in [-0.15, -0.1) is 0 Å². The maximum absolute atomic E-state index is 6.45. The van der Waals surface area contributed by atoms with Gasteiger partial charge in [0.2, 0.25) is 0 Å². The molecular weight excluding hydrogens is 286 g/mol. The van der Waals surface area contributed by atoms with E-state index in [1.165, 1.54) is 62.6 Å². The summed E-state index contributed by atoms with van der Waals surface area (Å²) in [7, 11) is 0. The van der Waals surface area contributed by atoms with E-state index in [0.29, 0.717) is 18.2 Å². The van der Waals surface area contributed by atoms with E-state index in [1.54, 1.807) is 0 Å². The van der Waals surface area contributed by atoms with E-state index in [1.807, 2.05) is 6.20 Å². The van der Waals surface area contributed by atoms with Crippen LogP contribution in [-0.2, 0) is 11.2 Å². The molecule has 3 heterocycles. The Morgan fingerprint density at radius 1 is 1.09 bits per heavy atom. The molecule has 2 atom stereocenters. The average molecular weight is 315 g/mol. The summed E-state index contributed by atoms with van der Waals surface area (Å²) < 4.78 is 6.45. The monoisotopic (exact) mass is 315 g/mol. The summed E-state index contributed by atoms with van der Waals surface area (Å²) in [4.78, 5) is 7.01. The molecule has 2 saturated heterocycles. The van der Waals surface area contributed by atoms with Crippen LogP contribution in [0.4, 0.5) is 0 Å². The molecule has 0 radical (unpaired) electrons. The molecule has 1 N–H and O–H groups in total. The number of aryl methyl sites for hydroxylation is 1. The van der Waals surface area contributed by atoms with Gasteiger partial charge in [-0.2, -0.15) is 0 Å². The van der Waals surface area contributed by atoms with Crippen molar-refractivity contribution in [1.29, 1.82) is 0 Å². The first kappa shape index (κ1) is 15.6. The molecule has 0 saturated carbocycles. The Bertz CT molecular complexity index is 515. The molecular formula is C19H29N3O. The number of pyridine rings is 1. The molecule has 1 aromatic heterocycles. The second-order valence-corrected chi connectivity index (χ2v) is 7.33. The van der Waals surface area contributed by atoms with Crippen molar-refractivity contribution in [3.8, 4) is 0 Å². The van der Waals surface area contributed by atoms with E-state index >= 15 is 0 Å². The molecule has 4 heteroatoms. The molecule has 126 valence electrons. The molecule has 1 aromatic rings. The molecule has 4 rings (SSSR count). The molecule has 0 amide bonds. The van der Waals surface area contributed by atoms with Crippen LogP contribution in [0, 0.1) is 0 Å². The minimum absolute atomic E-state index is 0.430. The second kappa shape index (κ2) is 7.29. The van der Waals surface area contributed by atoms with E-state index in [0.717, 1.165) is 19.6 Å². The van der Waals surface area contributed by atoms with Crippen molar-refractivity contribution in [3.63, 3.8) is 0 Å². The average Bonchev–Trinajstić information content (AvgIpc) is 2.62. The van der Waals surface area contributed by atoms with Crippen LogP contribution in [0.2, 0.25) is 0 Å². The highest BCUT2D eigenvalue weighted by molar-refractivity contribution is 5.29. The first-order chi connectivity index (χ1) is 11.4. The Labute approximate surface area is 139 Å². The lowest BCUT2D eigenvalue weighted by Gasteiger charge is -2.41. The molecule has 0 aromatic carbocycles. The van der Waals surface area contributed by atoms with Gasteiger partial charge >= 0.3 is 0 Å². The molecule has 2 aliphatic heterocycles. The van der Waals surface area contributed by atoms with Crippen LogP contribution in [0.3, 0.4) is 0 Å². The van der Waals surface area contributed by atoms with Crippen molar-refractivity contribution >= 4 is 0 Å². The maximum atomic E-state index is 6.45. The number of nitrogens with zero attached hydrogens (tertiary/aromatic N) is 2. The van der Waals surface area contributed by atoms with Crippen molar-refractivity contribution in [1.82, 2.24) is 15.2 Å². The minimum atomic E-state index is 0.430. The largest absolute Gasteiger partial charge is 0.374 e. The Morgan fingerprint density at radius 2 is 2.00 bits per heavy atom. The Hall–Kier alpha value is -0.970. The highest BCUT2D eigenvalue weighted by Gasteiger charge is 2.31. The van der Waals surface area contributed by atoms with Crippen molar-refractivity contribution in [2.45, 2.75) is 63.2 Å². The van der Waals surface area contributed by atoms with Crippen LogP contribution >= 0.6 is 0 Å². The predicted molar refractivity (Wildman–Crippen MR) is 91.5 cm³/mol. The zero-order valence-corrected chi connectivity index (χ0v) is 14.0. The summed E-state index contributed by atoms with van der Waals surface area (Å²) >= 11 is 0. The minimum Gasteiger partial charge on any atom is -0.374 e. The summed E-state index contributed by atoms with van der Waals surface area (Å²) in [6, 6.07) is 2.83. The fourth-order valence-corrected chi connectivity index (χ4v) is 4.56. The number of fused-ring (bicyclic) bond motifs is 1. The van der Waals surface area contributed by atoms with Gasteiger partial charge in [0.05, 0.1) is 12.2 Å². The number of likely N-dealkylation sites (tertiary alicyclic amines) is 1. The molecule has 23 heavy (non-hydrogen) atoms. The summed E-state index contributed by atoms with van der Waals surface area (Å²) in [6.45, 7) is 4.56. The number of piperidine rings is 2. The van der Waals surface area contributed by atoms with Gasteiger partial charge in [-0.25, -0.2) is 0 Å². The number of rotatable bonds is 3. The number of ether oxygens (including phenoxy) is 1. The van der Waals surface area contributed by atoms with Crippen LogP contribution in [0.1, 0.15) is 55.7 Å². The maximum Gasteiger partial charge on any atom is 0.0706 e. The topological polar surface area (TPSA) is 37.4 Å². The lowest BCUT2D eigenvalue weighted by molar-refractivity contribution is -0.0662. The molecule has 2 unspecified atom stereocenters. The third-order valence-corrected chi connectivity index (χ3v) is 5.75. The molecule has 4 nitrogen and oxygen atoms in total. The number of aromatic nitrogens is 1. The van der Waals surface area contributed by atoms with Gasteiger partial charge in [0.1, 0.15) is 0 Å². The highest BCUT2D eigenvalue weighted by Crippen LogP contribution is 2.35. The van der Waals surface area contributed by atoms with E-state index < -0.39 is 0 Å². The first-order valence-corrected chi connectivity index (χ1v) is 9.43. The third-order valence-electron chi connectivity index (χ3n) is 5.75. The van der Waals surface area contributed by atoms with E-state index in [4.69, 9.17) is 4.74 Å². The van der Waals surface area contributed by atoms with Crippen molar-refractivity contribution in [3.05, 3.63) is 29.6 Å². The van der Waals surface area contributed by atoms with Crippen molar-refractivity contribution in [2.24, 2.45) is 0 Å².